The van der Waals surface area contributed by atoms with Gasteiger partial charge in [-0.25, -0.2) is 0 Å². The average molecular weight is 320 g/mol. The quantitative estimate of drug-likeness (QED) is 0.633. The second-order valence-electron chi connectivity index (χ2n) is 5.29. The molecule has 1 heterocycles. The van der Waals surface area contributed by atoms with Crippen molar-refractivity contribution >= 4 is 11.6 Å². The van der Waals surface area contributed by atoms with Crippen LogP contribution in [0.15, 0.2) is 54.4 Å². The molecule has 0 fully saturated rings. The molecule has 0 saturated heterocycles. The van der Waals surface area contributed by atoms with Crippen LogP contribution >= 0.6 is 0 Å². The molecule has 0 atom stereocenters. The summed E-state index contributed by atoms with van der Waals surface area (Å²) in [5, 5.41) is 15.0. The molecular formula is C19H20N4O. The zero-order chi connectivity index (χ0) is 17.4. The molecule has 2 rings (SSSR count). The minimum atomic E-state index is -0.421. The monoisotopic (exact) mass is 320 g/mol. The van der Waals surface area contributed by atoms with Crippen molar-refractivity contribution < 1.29 is 4.79 Å². The van der Waals surface area contributed by atoms with E-state index in [1.165, 1.54) is 6.20 Å². The lowest BCUT2D eigenvalue weighted by molar-refractivity contribution is -0.112. The van der Waals surface area contributed by atoms with Gasteiger partial charge in [0.25, 0.3) is 5.91 Å². The predicted molar refractivity (Wildman–Crippen MR) is 94.0 cm³/mol. The lowest BCUT2D eigenvalue weighted by Gasteiger charge is -2.12. The first kappa shape index (κ1) is 17.2. The van der Waals surface area contributed by atoms with Gasteiger partial charge in [0.15, 0.2) is 0 Å². The number of carbonyl (C=O) groups is 1. The van der Waals surface area contributed by atoms with E-state index in [4.69, 9.17) is 0 Å². The van der Waals surface area contributed by atoms with Gasteiger partial charge in [0.05, 0.1) is 12.2 Å². The molecule has 0 saturated carbocycles. The van der Waals surface area contributed by atoms with Crippen molar-refractivity contribution in [3.63, 3.8) is 0 Å². The summed E-state index contributed by atoms with van der Waals surface area (Å²) in [7, 11) is 0. The molecule has 0 spiro atoms. The van der Waals surface area contributed by atoms with E-state index < -0.39 is 5.91 Å². The summed E-state index contributed by atoms with van der Waals surface area (Å²) in [5.41, 5.74) is 3.65. The number of pyridine rings is 1. The Kier molecular flexibility index (Phi) is 6.09. The second kappa shape index (κ2) is 8.49. The number of rotatable bonds is 6. The molecule has 0 unspecified atom stereocenters. The van der Waals surface area contributed by atoms with Gasteiger partial charge >= 0.3 is 0 Å². The molecule has 5 heteroatoms. The molecule has 1 aromatic carbocycles. The molecule has 2 aromatic rings. The van der Waals surface area contributed by atoms with E-state index in [1.54, 1.807) is 6.20 Å². The molecule has 0 aliphatic carbocycles. The number of nitriles is 1. The van der Waals surface area contributed by atoms with Gasteiger partial charge < -0.3 is 10.6 Å². The number of carbonyl (C=O) groups excluding carboxylic acids is 1. The number of benzene rings is 1. The Morgan fingerprint density at radius 1 is 1.29 bits per heavy atom. The number of hydrogen-bond acceptors (Lipinski definition) is 4. The number of para-hydroxylation sites is 1. The largest absolute Gasteiger partial charge is 0.384 e. The van der Waals surface area contributed by atoms with Crippen LogP contribution in [-0.2, 0) is 17.8 Å². The minimum Gasteiger partial charge on any atom is -0.384 e. The van der Waals surface area contributed by atoms with Gasteiger partial charge in [-0.15, -0.1) is 0 Å². The summed E-state index contributed by atoms with van der Waals surface area (Å²) < 4.78 is 0. The van der Waals surface area contributed by atoms with Gasteiger partial charge in [0.2, 0.25) is 0 Å². The van der Waals surface area contributed by atoms with E-state index >= 15 is 0 Å². The van der Waals surface area contributed by atoms with Crippen LogP contribution in [0.3, 0.4) is 0 Å². The highest BCUT2D eigenvalue weighted by atomic mass is 16.1. The predicted octanol–water partition coefficient (Wildman–Crippen LogP) is 3.09. The summed E-state index contributed by atoms with van der Waals surface area (Å²) >= 11 is 0. The van der Waals surface area contributed by atoms with Crippen molar-refractivity contribution in [1.82, 2.24) is 10.3 Å². The van der Waals surface area contributed by atoms with Gasteiger partial charge in [-0.1, -0.05) is 31.2 Å². The first-order valence-electron chi connectivity index (χ1n) is 7.79. The number of aromatic nitrogens is 1. The van der Waals surface area contributed by atoms with Crippen LogP contribution in [0.1, 0.15) is 23.7 Å². The highest BCUT2D eigenvalue weighted by molar-refractivity contribution is 6.07. The fourth-order valence-electron chi connectivity index (χ4n) is 2.29. The third-order valence-corrected chi connectivity index (χ3v) is 3.60. The summed E-state index contributed by atoms with van der Waals surface area (Å²) in [5.74, 6) is -0.421. The van der Waals surface area contributed by atoms with Crippen molar-refractivity contribution in [3.05, 3.63) is 71.2 Å². The average Bonchev–Trinajstić information content (AvgIpc) is 2.61. The first-order chi connectivity index (χ1) is 11.7. The number of aryl methyl sites for hydroxylation is 2. The van der Waals surface area contributed by atoms with Crippen molar-refractivity contribution in [3.8, 4) is 6.07 Å². The van der Waals surface area contributed by atoms with E-state index in [0.29, 0.717) is 6.54 Å². The number of anilines is 1. The summed E-state index contributed by atoms with van der Waals surface area (Å²) in [6.07, 6.45) is 3.93. The minimum absolute atomic E-state index is 0.0243. The molecule has 1 amide bonds. The maximum Gasteiger partial charge on any atom is 0.267 e. The van der Waals surface area contributed by atoms with Crippen molar-refractivity contribution in [2.45, 2.75) is 26.8 Å². The Balaban J connectivity index is 2.07. The fourth-order valence-corrected chi connectivity index (χ4v) is 2.29. The molecule has 5 nitrogen and oxygen atoms in total. The van der Waals surface area contributed by atoms with E-state index in [2.05, 4.69) is 15.6 Å². The van der Waals surface area contributed by atoms with E-state index in [0.717, 1.165) is 28.9 Å². The summed E-state index contributed by atoms with van der Waals surface area (Å²) in [4.78, 5) is 16.5. The lowest BCUT2D eigenvalue weighted by atomic mass is 10.1. The Hall–Kier alpha value is -3.13. The maximum absolute atomic E-state index is 12.3. The van der Waals surface area contributed by atoms with Gasteiger partial charge in [0.1, 0.15) is 11.6 Å². The second-order valence-corrected chi connectivity index (χ2v) is 5.29. The Labute approximate surface area is 142 Å². The maximum atomic E-state index is 12.3. The Morgan fingerprint density at radius 2 is 2.12 bits per heavy atom. The molecule has 2 N–H and O–H groups in total. The van der Waals surface area contributed by atoms with Crippen LogP contribution in [0.2, 0.25) is 0 Å². The normalized spacial score (nSPS) is 10.8. The highest BCUT2D eigenvalue weighted by Crippen LogP contribution is 2.21. The Morgan fingerprint density at radius 3 is 2.79 bits per heavy atom. The van der Waals surface area contributed by atoms with Crippen LogP contribution < -0.4 is 10.6 Å². The first-order valence-corrected chi connectivity index (χ1v) is 7.79. The molecule has 0 aliphatic heterocycles. The SMILES string of the molecule is CCc1cccc(C)c1NC(=O)/C(C#N)=C\NCc1ccccn1. The number of hydrogen-bond donors (Lipinski definition) is 2. The Bertz CT molecular complexity index is 776. The van der Waals surface area contributed by atoms with Crippen LogP contribution in [0.5, 0.6) is 0 Å². The van der Waals surface area contributed by atoms with Gasteiger partial charge in [-0.2, -0.15) is 5.26 Å². The molecule has 0 radical (unpaired) electrons. The third-order valence-electron chi connectivity index (χ3n) is 3.60. The number of nitrogens with one attached hydrogen (secondary N) is 2. The zero-order valence-corrected chi connectivity index (χ0v) is 13.8. The smallest absolute Gasteiger partial charge is 0.267 e. The fraction of sp³-hybridized carbons (Fsp3) is 0.211. The molecule has 122 valence electrons. The van der Waals surface area contributed by atoms with Gasteiger partial charge in [0, 0.05) is 18.1 Å². The van der Waals surface area contributed by atoms with Crippen LogP contribution in [-0.4, -0.2) is 10.9 Å². The van der Waals surface area contributed by atoms with Crippen molar-refractivity contribution in [2.24, 2.45) is 0 Å². The van der Waals surface area contributed by atoms with Crippen LogP contribution in [0.25, 0.3) is 0 Å². The van der Waals surface area contributed by atoms with E-state index in [-0.39, 0.29) is 5.57 Å². The number of amides is 1. The lowest BCUT2D eigenvalue weighted by Crippen LogP contribution is -2.18. The summed E-state index contributed by atoms with van der Waals surface area (Å²) in [6, 6.07) is 13.4. The van der Waals surface area contributed by atoms with Crippen molar-refractivity contribution in [1.29, 1.82) is 5.26 Å². The van der Waals surface area contributed by atoms with Crippen molar-refractivity contribution in [2.75, 3.05) is 5.32 Å². The highest BCUT2D eigenvalue weighted by Gasteiger charge is 2.12. The summed E-state index contributed by atoms with van der Waals surface area (Å²) in [6.45, 7) is 4.41. The molecule has 0 aliphatic rings. The molecule has 24 heavy (non-hydrogen) atoms. The van der Waals surface area contributed by atoms with Gasteiger partial charge in [-0.05, 0) is 36.6 Å². The number of nitrogens with zero attached hydrogens (tertiary/aromatic N) is 2. The zero-order valence-electron chi connectivity index (χ0n) is 13.8. The van der Waals surface area contributed by atoms with Crippen LogP contribution in [0, 0.1) is 18.3 Å². The van der Waals surface area contributed by atoms with Crippen LogP contribution in [0.4, 0.5) is 5.69 Å². The van der Waals surface area contributed by atoms with Gasteiger partial charge in [-0.3, -0.25) is 9.78 Å². The molecular weight excluding hydrogens is 300 g/mol. The topological polar surface area (TPSA) is 77.8 Å². The van der Waals surface area contributed by atoms with E-state index in [9.17, 15) is 10.1 Å². The van der Waals surface area contributed by atoms with E-state index in [1.807, 2.05) is 56.3 Å². The standard InChI is InChI=1S/C19H20N4O/c1-3-15-8-6-7-14(2)18(15)23-19(24)16(11-20)12-21-13-17-9-4-5-10-22-17/h4-10,12,21H,3,13H2,1-2H3,(H,23,24)/b16-12-. The molecule has 0 bridgehead atoms. The third kappa shape index (κ3) is 4.43. The molecule has 1 aromatic heterocycles.